The normalized spacial score (nSPS) is 18.0. The molecule has 0 aliphatic carbocycles. The first-order valence-electron chi connectivity index (χ1n) is 11.3. The first-order chi connectivity index (χ1) is 16.2. The monoisotopic (exact) mass is 484 g/mol. The van der Waals surface area contributed by atoms with Gasteiger partial charge in [0.1, 0.15) is 34.7 Å². The van der Waals surface area contributed by atoms with E-state index in [9.17, 15) is 14.4 Å². The van der Waals surface area contributed by atoms with Crippen LogP contribution in [0.5, 0.6) is 5.75 Å². The van der Waals surface area contributed by atoms with Crippen LogP contribution in [-0.2, 0) is 20.9 Å². The molecule has 2 unspecified atom stereocenters. The number of nitrogens with one attached hydrogen (secondary N) is 1. The van der Waals surface area contributed by atoms with E-state index in [0.717, 1.165) is 5.56 Å². The van der Waals surface area contributed by atoms with E-state index in [1.807, 2.05) is 36.4 Å². The maximum Gasteiger partial charge on any atom is 0.513 e. The van der Waals surface area contributed by atoms with Crippen LogP contribution in [0.2, 0.25) is 5.04 Å². The molecule has 2 amide bonds. The molecule has 1 heterocycles. The van der Waals surface area contributed by atoms with Gasteiger partial charge in [0.05, 0.1) is 6.04 Å². The highest BCUT2D eigenvalue weighted by atomic mass is 28.2. The fourth-order valence-electron chi connectivity index (χ4n) is 3.42. The quantitative estimate of drug-likeness (QED) is 0.253. The molecule has 1 N–H and O–H groups in total. The largest absolute Gasteiger partial charge is 0.513 e. The molecular formula is C25H32N2O6Si. The lowest BCUT2D eigenvalue weighted by molar-refractivity contribution is -0.144. The summed E-state index contributed by atoms with van der Waals surface area (Å²) in [5, 5.41) is 2.61. The molecule has 2 aromatic carbocycles. The predicted molar refractivity (Wildman–Crippen MR) is 130 cm³/mol. The van der Waals surface area contributed by atoms with E-state index >= 15 is 0 Å². The summed E-state index contributed by atoms with van der Waals surface area (Å²) < 4.78 is 17.5. The van der Waals surface area contributed by atoms with Crippen LogP contribution in [0.25, 0.3) is 0 Å². The molecule has 34 heavy (non-hydrogen) atoms. The number of β-lactam (4-membered cyclic amide) rings is 1. The molecule has 182 valence electrons. The Bertz CT molecular complexity index is 983. The Hall–Kier alpha value is -3.33. The van der Waals surface area contributed by atoms with Crippen LogP contribution in [-0.4, -0.2) is 51.1 Å². The van der Waals surface area contributed by atoms with Crippen molar-refractivity contribution < 1.29 is 28.6 Å². The van der Waals surface area contributed by atoms with Gasteiger partial charge in [-0.25, -0.2) is 9.59 Å². The average molecular weight is 485 g/mol. The van der Waals surface area contributed by atoms with Crippen LogP contribution in [0.4, 0.5) is 9.59 Å². The molecule has 1 aliphatic heterocycles. The van der Waals surface area contributed by atoms with Gasteiger partial charge < -0.3 is 24.1 Å². The van der Waals surface area contributed by atoms with Gasteiger partial charge in [-0.05, 0) is 28.7 Å². The molecule has 2 aromatic rings. The summed E-state index contributed by atoms with van der Waals surface area (Å²) in [6.07, 6.45) is -1.55. The van der Waals surface area contributed by atoms with Crippen LogP contribution in [0.15, 0.2) is 60.7 Å². The van der Waals surface area contributed by atoms with Gasteiger partial charge in [-0.15, -0.1) is 0 Å². The van der Waals surface area contributed by atoms with Gasteiger partial charge >= 0.3 is 12.2 Å². The molecule has 0 aromatic heterocycles. The standard InChI is InChI=1S/C25H32N2O6Si/c1-17(2)25(3,4)34-27-20(16-32-24(30)33-19-13-9-6-10-14-19)21(22(27)28)26-23(29)31-15-18-11-7-5-8-12-18/h5-14,17,20-21H,15-16,34H2,1-4H3,(H,26,29). The minimum absolute atomic E-state index is 0.0305. The number of ether oxygens (including phenoxy) is 3. The molecule has 1 fully saturated rings. The summed E-state index contributed by atoms with van der Waals surface area (Å²) in [5.74, 6) is 0.560. The number of carbonyl (C=O) groups is 3. The zero-order valence-corrected chi connectivity index (χ0v) is 21.4. The van der Waals surface area contributed by atoms with Crippen LogP contribution in [0.3, 0.4) is 0 Å². The molecule has 3 rings (SSSR count). The predicted octanol–water partition coefficient (Wildman–Crippen LogP) is 3.65. The first-order valence-corrected chi connectivity index (χ1v) is 12.7. The highest BCUT2D eigenvalue weighted by Gasteiger charge is 2.50. The van der Waals surface area contributed by atoms with Crippen molar-refractivity contribution >= 4 is 27.8 Å². The lowest BCUT2D eigenvalue weighted by Gasteiger charge is -2.50. The number of amides is 2. The Morgan fingerprint density at radius 2 is 1.65 bits per heavy atom. The van der Waals surface area contributed by atoms with Gasteiger partial charge in [-0.2, -0.15) is 0 Å². The Morgan fingerprint density at radius 3 is 2.26 bits per heavy atom. The van der Waals surface area contributed by atoms with Gasteiger partial charge in [0.2, 0.25) is 5.91 Å². The molecule has 1 aliphatic rings. The number of alkyl carbamates (subject to hydrolysis) is 1. The summed E-state index contributed by atoms with van der Waals surface area (Å²) >= 11 is 0. The summed E-state index contributed by atoms with van der Waals surface area (Å²) in [4.78, 5) is 37.5. The van der Waals surface area contributed by atoms with Crippen LogP contribution in [0, 0.1) is 5.92 Å². The number of nitrogens with zero attached hydrogens (tertiary/aromatic N) is 1. The maximum atomic E-state index is 12.9. The topological polar surface area (TPSA) is 94.2 Å². The van der Waals surface area contributed by atoms with Crippen molar-refractivity contribution in [2.45, 2.75) is 51.4 Å². The molecule has 0 radical (unpaired) electrons. The van der Waals surface area contributed by atoms with Crippen molar-refractivity contribution in [3.05, 3.63) is 66.2 Å². The van der Waals surface area contributed by atoms with E-state index in [1.165, 1.54) is 0 Å². The Balaban J connectivity index is 1.61. The van der Waals surface area contributed by atoms with Crippen molar-refractivity contribution in [2.24, 2.45) is 5.92 Å². The lowest BCUT2D eigenvalue weighted by atomic mass is 9.99. The molecule has 9 heteroatoms. The Kier molecular flexibility index (Phi) is 8.33. The van der Waals surface area contributed by atoms with Crippen molar-refractivity contribution in [1.82, 2.24) is 9.88 Å². The van der Waals surface area contributed by atoms with Gasteiger partial charge in [-0.3, -0.25) is 4.79 Å². The fourth-order valence-corrected chi connectivity index (χ4v) is 5.57. The SMILES string of the molecule is CC(C)C(C)(C)[SiH2]N1C(=O)C(NC(=O)OCc2ccccc2)C1COC(=O)Oc1ccccc1. The van der Waals surface area contributed by atoms with Gasteiger partial charge in [-0.1, -0.05) is 76.2 Å². The lowest BCUT2D eigenvalue weighted by Crippen LogP contribution is -2.74. The first kappa shape index (κ1) is 25.3. The van der Waals surface area contributed by atoms with Crippen LogP contribution in [0.1, 0.15) is 33.3 Å². The number of para-hydroxylation sites is 1. The fraction of sp³-hybridized carbons (Fsp3) is 0.400. The van der Waals surface area contributed by atoms with E-state index in [0.29, 0.717) is 11.7 Å². The Morgan fingerprint density at radius 1 is 1.03 bits per heavy atom. The Labute approximate surface area is 202 Å². The third kappa shape index (κ3) is 6.60. The highest BCUT2D eigenvalue weighted by molar-refractivity contribution is 6.42. The van der Waals surface area contributed by atoms with Gasteiger partial charge in [0.15, 0.2) is 0 Å². The third-order valence-electron chi connectivity index (χ3n) is 6.28. The number of hydrogen-bond donors (Lipinski definition) is 1. The third-order valence-corrected chi connectivity index (χ3v) is 9.03. The molecule has 8 nitrogen and oxygen atoms in total. The second-order valence-electron chi connectivity index (χ2n) is 9.34. The molecule has 2 atom stereocenters. The van der Waals surface area contributed by atoms with E-state index in [-0.39, 0.29) is 24.2 Å². The zero-order chi connectivity index (χ0) is 24.7. The second-order valence-corrected chi connectivity index (χ2v) is 12.2. The number of carbonyl (C=O) groups excluding carboxylic acids is 3. The van der Waals surface area contributed by atoms with E-state index in [2.05, 4.69) is 33.0 Å². The van der Waals surface area contributed by atoms with Crippen LogP contribution >= 0.6 is 0 Å². The molecular weight excluding hydrogens is 452 g/mol. The van der Waals surface area contributed by atoms with Crippen molar-refractivity contribution in [1.29, 1.82) is 0 Å². The van der Waals surface area contributed by atoms with Gasteiger partial charge in [0.25, 0.3) is 0 Å². The number of benzene rings is 2. The highest BCUT2D eigenvalue weighted by Crippen LogP contribution is 2.36. The summed E-state index contributed by atoms with van der Waals surface area (Å²) in [7, 11) is -1.05. The van der Waals surface area contributed by atoms with Gasteiger partial charge in [0, 0.05) is 0 Å². The van der Waals surface area contributed by atoms with E-state index in [1.54, 1.807) is 28.8 Å². The minimum Gasteiger partial charge on any atom is -0.445 e. The average Bonchev–Trinajstić information content (AvgIpc) is 2.82. The second kappa shape index (κ2) is 11.2. The van der Waals surface area contributed by atoms with E-state index < -0.39 is 34.0 Å². The molecule has 0 saturated carbocycles. The number of hydrogen-bond acceptors (Lipinski definition) is 6. The minimum atomic E-state index is -1.05. The smallest absolute Gasteiger partial charge is 0.445 e. The summed E-state index contributed by atoms with van der Waals surface area (Å²) in [6.45, 7) is 8.52. The van der Waals surface area contributed by atoms with E-state index in [4.69, 9.17) is 14.2 Å². The zero-order valence-electron chi connectivity index (χ0n) is 20.0. The van der Waals surface area contributed by atoms with Crippen molar-refractivity contribution in [2.75, 3.05) is 6.61 Å². The summed E-state index contributed by atoms with van der Waals surface area (Å²) in [6, 6.07) is 16.6. The van der Waals surface area contributed by atoms with Crippen molar-refractivity contribution in [3.63, 3.8) is 0 Å². The van der Waals surface area contributed by atoms with Crippen LogP contribution < -0.4 is 10.1 Å². The molecule has 0 spiro atoms. The maximum absolute atomic E-state index is 12.9. The summed E-state index contributed by atoms with van der Waals surface area (Å²) in [5.41, 5.74) is 0.842. The van der Waals surface area contributed by atoms with Crippen molar-refractivity contribution in [3.8, 4) is 5.75 Å². The molecule has 1 saturated heterocycles. The molecule has 0 bridgehead atoms. The number of rotatable bonds is 9.